The van der Waals surface area contributed by atoms with Crippen molar-refractivity contribution in [1.82, 2.24) is 19.1 Å². The maximum atomic E-state index is 9.83. The standard InChI is InChI=1S/C54H31N5O/c55-31-33-20-23-48-40(27-33)38-13-4-8-18-47(38)59(48)37-30-45-53(57-32-37)52-43(16-10-26-56-52)54(45)42-15-6-9-19-50(42)60-51-25-22-35(29-44(51)54)34-21-24-49-41(28-34)39-14-5-7-17-46(39)58(49)36-11-2-1-3-12-36/h1-30,32H. The molecule has 5 heterocycles. The molecule has 4 aromatic heterocycles. The Bertz CT molecular complexity index is 3670. The molecule has 0 saturated heterocycles. The lowest BCUT2D eigenvalue weighted by Gasteiger charge is -2.39. The average Bonchev–Trinajstić information content (AvgIpc) is 3.93. The molecule has 2 aliphatic rings. The van der Waals surface area contributed by atoms with Crippen LogP contribution in [0.15, 0.2) is 188 Å². The lowest BCUT2D eigenvalue weighted by molar-refractivity contribution is 0.436. The van der Waals surface area contributed by atoms with E-state index in [2.05, 4.69) is 161 Å². The van der Waals surface area contributed by atoms with Gasteiger partial charge in [0.05, 0.1) is 62.4 Å². The second-order valence-corrected chi connectivity index (χ2v) is 15.7. The third kappa shape index (κ3) is 4.30. The molecular weight excluding hydrogens is 735 g/mol. The van der Waals surface area contributed by atoms with Crippen LogP contribution in [0, 0.1) is 11.3 Å². The number of para-hydroxylation sites is 4. The molecule has 1 unspecified atom stereocenters. The minimum absolute atomic E-state index is 0.630. The summed E-state index contributed by atoms with van der Waals surface area (Å²) in [7, 11) is 0. The molecule has 0 amide bonds. The first-order chi connectivity index (χ1) is 29.7. The molecule has 1 spiro atoms. The van der Waals surface area contributed by atoms with Crippen LogP contribution in [-0.4, -0.2) is 19.1 Å². The van der Waals surface area contributed by atoms with Gasteiger partial charge in [-0.15, -0.1) is 0 Å². The van der Waals surface area contributed by atoms with E-state index in [-0.39, 0.29) is 0 Å². The van der Waals surface area contributed by atoms with Crippen LogP contribution in [0.4, 0.5) is 0 Å². The zero-order valence-corrected chi connectivity index (χ0v) is 32.0. The van der Waals surface area contributed by atoms with E-state index in [1.54, 1.807) is 0 Å². The number of benzene rings is 7. The summed E-state index contributed by atoms with van der Waals surface area (Å²) in [5, 5.41) is 14.3. The second kappa shape index (κ2) is 12.1. The van der Waals surface area contributed by atoms with Crippen LogP contribution < -0.4 is 4.74 Å². The van der Waals surface area contributed by atoms with Gasteiger partial charge in [-0.05, 0) is 102 Å². The van der Waals surface area contributed by atoms with Crippen LogP contribution >= 0.6 is 0 Å². The number of fused-ring (bicyclic) bond motifs is 15. The van der Waals surface area contributed by atoms with Crippen LogP contribution in [0.1, 0.15) is 27.8 Å². The lowest BCUT2D eigenvalue weighted by Crippen LogP contribution is -2.32. The number of rotatable bonds is 3. The molecule has 11 aromatic rings. The maximum Gasteiger partial charge on any atom is 0.132 e. The van der Waals surface area contributed by atoms with Crippen molar-refractivity contribution in [2.24, 2.45) is 0 Å². The largest absolute Gasteiger partial charge is 0.457 e. The van der Waals surface area contributed by atoms with Gasteiger partial charge in [0.15, 0.2) is 0 Å². The van der Waals surface area contributed by atoms with E-state index >= 15 is 0 Å². The molecule has 0 fully saturated rings. The Balaban J connectivity index is 1.07. The molecule has 6 nitrogen and oxygen atoms in total. The van der Waals surface area contributed by atoms with Gasteiger partial charge < -0.3 is 13.9 Å². The summed E-state index contributed by atoms with van der Waals surface area (Å²) in [6, 6.07) is 64.3. The number of hydrogen-bond acceptors (Lipinski definition) is 4. The molecular formula is C54H31N5O. The highest BCUT2D eigenvalue weighted by atomic mass is 16.5. The van der Waals surface area contributed by atoms with Crippen molar-refractivity contribution < 1.29 is 4.74 Å². The number of pyridine rings is 2. The molecule has 0 radical (unpaired) electrons. The SMILES string of the molecule is N#Cc1ccc2c(c1)c1ccccc1n2-c1cnc2c(c1)C1(c3ccccc3Oc3ccc(-c4ccc5c(c4)c4ccccc4n5-c4ccccc4)cc31)c1cccnc1-2. The third-order valence-electron chi connectivity index (χ3n) is 12.7. The van der Waals surface area contributed by atoms with Gasteiger partial charge in [-0.25, -0.2) is 0 Å². The van der Waals surface area contributed by atoms with Crippen molar-refractivity contribution in [2.45, 2.75) is 5.41 Å². The minimum Gasteiger partial charge on any atom is -0.457 e. The fourth-order valence-corrected chi connectivity index (χ4v) is 10.2. The Morgan fingerprint density at radius 2 is 1.07 bits per heavy atom. The Kier molecular flexibility index (Phi) is 6.62. The zero-order chi connectivity index (χ0) is 39.5. The smallest absolute Gasteiger partial charge is 0.132 e. The molecule has 1 aliphatic heterocycles. The molecule has 0 saturated carbocycles. The Morgan fingerprint density at radius 1 is 0.450 bits per heavy atom. The van der Waals surface area contributed by atoms with Gasteiger partial charge in [-0.2, -0.15) is 5.26 Å². The molecule has 0 N–H and O–H groups in total. The topological polar surface area (TPSA) is 68.7 Å². The van der Waals surface area contributed by atoms with Crippen LogP contribution in [0.2, 0.25) is 0 Å². The van der Waals surface area contributed by atoms with Crippen LogP contribution in [0.5, 0.6) is 11.5 Å². The normalized spacial score (nSPS) is 14.8. The highest BCUT2D eigenvalue weighted by Gasteiger charge is 2.52. The van der Waals surface area contributed by atoms with Gasteiger partial charge in [0.2, 0.25) is 0 Å². The Morgan fingerprint density at radius 3 is 1.88 bits per heavy atom. The third-order valence-corrected chi connectivity index (χ3v) is 12.7. The van der Waals surface area contributed by atoms with Gasteiger partial charge >= 0.3 is 0 Å². The fourth-order valence-electron chi connectivity index (χ4n) is 10.2. The van der Waals surface area contributed by atoms with Gasteiger partial charge in [0.1, 0.15) is 11.5 Å². The first-order valence-corrected chi connectivity index (χ1v) is 20.1. The van der Waals surface area contributed by atoms with E-state index in [1.165, 1.54) is 16.3 Å². The summed E-state index contributed by atoms with van der Waals surface area (Å²) in [4.78, 5) is 10.3. The Labute approximate surface area is 344 Å². The van der Waals surface area contributed by atoms with Crippen LogP contribution in [0.3, 0.4) is 0 Å². The van der Waals surface area contributed by atoms with Crippen molar-refractivity contribution in [1.29, 1.82) is 5.26 Å². The summed E-state index contributed by atoms with van der Waals surface area (Å²) in [6.45, 7) is 0. The number of ether oxygens (including phenoxy) is 1. The summed E-state index contributed by atoms with van der Waals surface area (Å²) in [5.41, 5.74) is 14.4. The highest BCUT2D eigenvalue weighted by Crippen LogP contribution is 2.62. The monoisotopic (exact) mass is 765 g/mol. The number of nitrogens with zero attached hydrogens (tertiary/aromatic N) is 5. The van der Waals surface area contributed by atoms with Crippen molar-refractivity contribution in [2.75, 3.05) is 0 Å². The molecule has 7 aromatic carbocycles. The van der Waals surface area contributed by atoms with Gasteiger partial charge in [-0.3, -0.25) is 9.97 Å². The summed E-state index contributed by atoms with van der Waals surface area (Å²) >= 11 is 0. The first-order valence-electron chi connectivity index (χ1n) is 20.1. The van der Waals surface area contributed by atoms with Crippen molar-refractivity contribution in [3.8, 4) is 51.5 Å². The summed E-state index contributed by atoms with van der Waals surface area (Å²) < 4.78 is 11.5. The van der Waals surface area contributed by atoms with E-state index in [0.29, 0.717) is 5.56 Å². The van der Waals surface area contributed by atoms with Gasteiger partial charge in [-0.1, -0.05) is 91.0 Å². The van der Waals surface area contributed by atoms with Crippen molar-refractivity contribution in [3.05, 3.63) is 216 Å². The predicted octanol–water partition coefficient (Wildman–Crippen LogP) is 12.7. The Hall–Kier alpha value is -8.27. The van der Waals surface area contributed by atoms with E-state index in [0.717, 1.165) is 95.0 Å². The van der Waals surface area contributed by atoms with Crippen LogP contribution in [0.25, 0.3) is 77.5 Å². The average molecular weight is 766 g/mol. The molecule has 13 rings (SSSR count). The number of hydrogen-bond donors (Lipinski definition) is 0. The second-order valence-electron chi connectivity index (χ2n) is 15.7. The van der Waals surface area contributed by atoms with Crippen molar-refractivity contribution in [3.63, 3.8) is 0 Å². The van der Waals surface area contributed by atoms with Crippen LogP contribution in [-0.2, 0) is 5.41 Å². The molecule has 60 heavy (non-hydrogen) atoms. The van der Waals surface area contributed by atoms with Gasteiger partial charge in [0.25, 0.3) is 0 Å². The van der Waals surface area contributed by atoms with E-state index in [4.69, 9.17) is 14.7 Å². The highest BCUT2D eigenvalue weighted by molar-refractivity contribution is 6.11. The van der Waals surface area contributed by atoms with E-state index in [9.17, 15) is 5.26 Å². The molecule has 6 heteroatoms. The molecule has 278 valence electrons. The maximum absolute atomic E-state index is 9.83. The summed E-state index contributed by atoms with van der Waals surface area (Å²) in [5.74, 6) is 1.61. The van der Waals surface area contributed by atoms with Gasteiger partial charge in [0, 0.05) is 50.1 Å². The minimum atomic E-state index is -0.789. The predicted molar refractivity (Wildman–Crippen MR) is 238 cm³/mol. The quantitative estimate of drug-likeness (QED) is 0.180. The lowest BCUT2D eigenvalue weighted by atomic mass is 9.66. The fraction of sp³-hybridized carbons (Fsp3) is 0.0185. The zero-order valence-electron chi connectivity index (χ0n) is 32.0. The van der Waals surface area contributed by atoms with E-state index in [1.807, 2.05) is 42.7 Å². The van der Waals surface area contributed by atoms with Crippen molar-refractivity contribution >= 4 is 43.6 Å². The summed E-state index contributed by atoms with van der Waals surface area (Å²) in [6.07, 6.45) is 3.82. The number of aromatic nitrogens is 4. The number of nitriles is 1. The molecule has 1 aliphatic carbocycles. The molecule has 1 atom stereocenters. The molecule has 0 bridgehead atoms. The van der Waals surface area contributed by atoms with E-state index < -0.39 is 5.41 Å². The first kappa shape index (κ1) is 32.8.